The third-order valence-electron chi connectivity index (χ3n) is 2.95. The van der Waals surface area contributed by atoms with Crippen LogP contribution in [0.5, 0.6) is 0 Å². The first-order chi connectivity index (χ1) is 9.06. The van der Waals surface area contributed by atoms with Gasteiger partial charge in [0.2, 0.25) is 0 Å². The Morgan fingerprint density at radius 3 is 2.21 bits per heavy atom. The summed E-state index contributed by atoms with van der Waals surface area (Å²) in [6, 6.07) is 9.19. The molecule has 4 unspecified atom stereocenters. The van der Waals surface area contributed by atoms with Gasteiger partial charge in [-0.2, -0.15) is 0 Å². The monoisotopic (exact) mass is 266 g/mol. The van der Waals surface area contributed by atoms with Crippen LogP contribution in [0.15, 0.2) is 42.5 Å². The lowest BCUT2D eigenvalue weighted by atomic mass is 9.97. The second-order valence-electron chi connectivity index (χ2n) is 4.57. The van der Waals surface area contributed by atoms with Crippen LogP contribution in [-0.2, 0) is 6.42 Å². The molecule has 4 atom stereocenters. The highest BCUT2D eigenvalue weighted by atomic mass is 16.4. The smallest absolute Gasteiger partial charge is 0.112 e. The minimum Gasteiger partial charge on any atom is -0.390 e. The summed E-state index contributed by atoms with van der Waals surface area (Å²) in [5.41, 5.74) is 0.861. The van der Waals surface area contributed by atoms with Gasteiger partial charge in [0.25, 0.3) is 0 Å². The normalized spacial score (nSPS) is 18.2. The van der Waals surface area contributed by atoms with E-state index in [4.69, 9.17) is 0 Å². The highest BCUT2D eigenvalue weighted by Crippen LogP contribution is 2.11. The lowest BCUT2D eigenvalue weighted by molar-refractivity contribution is -0.0925. The van der Waals surface area contributed by atoms with E-state index in [0.717, 1.165) is 12.0 Å². The van der Waals surface area contributed by atoms with Crippen LogP contribution < -0.4 is 0 Å². The fourth-order valence-electron chi connectivity index (χ4n) is 1.80. The second kappa shape index (κ2) is 8.07. The van der Waals surface area contributed by atoms with Crippen LogP contribution in [0.25, 0.3) is 0 Å². The van der Waals surface area contributed by atoms with Gasteiger partial charge in [0, 0.05) is 6.42 Å². The first-order valence-corrected chi connectivity index (χ1v) is 6.49. The summed E-state index contributed by atoms with van der Waals surface area (Å²) in [6.07, 6.45) is -1.02. The Bertz CT molecular complexity index is 377. The highest BCUT2D eigenvalue weighted by molar-refractivity contribution is 5.16. The minimum absolute atomic E-state index is 0.225. The van der Waals surface area contributed by atoms with Gasteiger partial charge in [0.1, 0.15) is 18.3 Å². The SMILES string of the molecule is CCC=CC(O)C(O)C(O)C(O)Cc1ccccc1. The second-order valence-corrected chi connectivity index (χ2v) is 4.57. The third kappa shape index (κ3) is 5.12. The Hall–Kier alpha value is -1.20. The van der Waals surface area contributed by atoms with Crippen molar-refractivity contribution in [3.8, 4) is 0 Å². The van der Waals surface area contributed by atoms with Gasteiger partial charge in [-0.3, -0.25) is 0 Å². The molecule has 0 fully saturated rings. The molecule has 0 aliphatic carbocycles. The zero-order valence-corrected chi connectivity index (χ0v) is 11.1. The highest BCUT2D eigenvalue weighted by Gasteiger charge is 2.28. The molecule has 0 radical (unpaired) electrons. The lowest BCUT2D eigenvalue weighted by Gasteiger charge is -2.25. The predicted molar refractivity (Wildman–Crippen MR) is 73.6 cm³/mol. The van der Waals surface area contributed by atoms with Crippen molar-refractivity contribution in [2.45, 2.75) is 44.2 Å². The summed E-state index contributed by atoms with van der Waals surface area (Å²) in [5, 5.41) is 39.1. The van der Waals surface area contributed by atoms with Crippen molar-refractivity contribution in [3.63, 3.8) is 0 Å². The molecule has 0 spiro atoms. The molecule has 0 bridgehead atoms. The van der Waals surface area contributed by atoms with Gasteiger partial charge in [-0.1, -0.05) is 49.4 Å². The summed E-state index contributed by atoms with van der Waals surface area (Å²) in [4.78, 5) is 0. The average molecular weight is 266 g/mol. The van der Waals surface area contributed by atoms with E-state index in [1.165, 1.54) is 6.08 Å². The number of allylic oxidation sites excluding steroid dienone is 1. The Morgan fingerprint density at radius 1 is 1.00 bits per heavy atom. The van der Waals surface area contributed by atoms with E-state index in [-0.39, 0.29) is 6.42 Å². The average Bonchev–Trinajstić information content (AvgIpc) is 2.44. The number of benzene rings is 1. The fraction of sp³-hybridized carbons (Fsp3) is 0.467. The molecule has 0 heterocycles. The van der Waals surface area contributed by atoms with Crippen molar-refractivity contribution >= 4 is 0 Å². The molecule has 4 nitrogen and oxygen atoms in total. The molecule has 4 heteroatoms. The quantitative estimate of drug-likeness (QED) is 0.546. The maximum absolute atomic E-state index is 9.87. The molecule has 0 saturated carbocycles. The Labute approximate surface area is 113 Å². The van der Waals surface area contributed by atoms with E-state index in [1.54, 1.807) is 6.08 Å². The maximum Gasteiger partial charge on any atom is 0.112 e. The number of aliphatic hydroxyl groups is 4. The van der Waals surface area contributed by atoms with Crippen LogP contribution in [0.3, 0.4) is 0 Å². The van der Waals surface area contributed by atoms with Gasteiger partial charge < -0.3 is 20.4 Å². The molecule has 4 N–H and O–H groups in total. The molecule has 0 aliphatic heterocycles. The topological polar surface area (TPSA) is 80.9 Å². The fourth-order valence-corrected chi connectivity index (χ4v) is 1.80. The van der Waals surface area contributed by atoms with Crippen LogP contribution in [0.1, 0.15) is 18.9 Å². The van der Waals surface area contributed by atoms with Gasteiger partial charge in [0.15, 0.2) is 0 Å². The number of hydrogen-bond donors (Lipinski definition) is 4. The van der Waals surface area contributed by atoms with Gasteiger partial charge >= 0.3 is 0 Å². The van der Waals surface area contributed by atoms with Crippen LogP contribution in [0.2, 0.25) is 0 Å². The van der Waals surface area contributed by atoms with Gasteiger partial charge in [-0.25, -0.2) is 0 Å². The van der Waals surface area contributed by atoms with Gasteiger partial charge in [-0.15, -0.1) is 0 Å². The van der Waals surface area contributed by atoms with Gasteiger partial charge in [-0.05, 0) is 12.0 Å². The molecule has 0 amide bonds. The molecule has 0 aromatic heterocycles. The van der Waals surface area contributed by atoms with E-state index in [9.17, 15) is 20.4 Å². The molecular formula is C15H22O4. The van der Waals surface area contributed by atoms with E-state index in [2.05, 4.69) is 0 Å². The molecule has 0 aliphatic rings. The lowest BCUT2D eigenvalue weighted by Crippen LogP contribution is -2.44. The number of aliphatic hydroxyl groups excluding tert-OH is 4. The molecule has 1 aromatic rings. The standard InChI is InChI=1S/C15H22O4/c1-2-3-9-12(16)14(18)15(19)13(17)10-11-7-5-4-6-8-11/h3-9,12-19H,2,10H2,1H3. The van der Waals surface area contributed by atoms with Crippen LogP contribution in [-0.4, -0.2) is 44.8 Å². The minimum atomic E-state index is -1.40. The van der Waals surface area contributed by atoms with Crippen molar-refractivity contribution in [1.82, 2.24) is 0 Å². The zero-order valence-electron chi connectivity index (χ0n) is 11.1. The number of hydrogen-bond acceptors (Lipinski definition) is 4. The Kier molecular flexibility index (Phi) is 6.73. The largest absolute Gasteiger partial charge is 0.390 e. The zero-order chi connectivity index (χ0) is 14.3. The number of rotatable bonds is 7. The first-order valence-electron chi connectivity index (χ1n) is 6.49. The van der Waals surface area contributed by atoms with Crippen molar-refractivity contribution < 1.29 is 20.4 Å². The van der Waals surface area contributed by atoms with Crippen molar-refractivity contribution in [1.29, 1.82) is 0 Å². The molecule has 19 heavy (non-hydrogen) atoms. The summed E-state index contributed by atoms with van der Waals surface area (Å²) in [7, 11) is 0. The van der Waals surface area contributed by atoms with Crippen LogP contribution in [0.4, 0.5) is 0 Å². The molecule has 1 rings (SSSR count). The third-order valence-corrected chi connectivity index (χ3v) is 2.95. The molecular weight excluding hydrogens is 244 g/mol. The van der Waals surface area contributed by atoms with Crippen LogP contribution in [0, 0.1) is 0 Å². The molecule has 1 aromatic carbocycles. The summed E-state index contributed by atoms with van der Waals surface area (Å²) >= 11 is 0. The van der Waals surface area contributed by atoms with E-state index < -0.39 is 24.4 Å². The van der Waals surface area contributed by atoms with Crippen molar-refractivity contribution in [3.05, 3.63) is 48.0 Å². The van der Waals surface area contributed by atoms with Crippen LogP contribution >= 0.6 is 0 Å². The summed E-state index contributed by atoms with van der Waals surface area (Å²) in [6.45, 7) is 1.90. The summed E-state index contributed by atoms with van der Waals surface area (Å²) in [5.74, 6) is 0. The van der Waals surface area contributed by atoms with Crippen molar-refractivity contribution in [2.75, 3.05) is 0 Å². The molecule has 106 valence electrons. The van der Waals surface area contributed by atoms with E-state index >= 15 is 0 Å². The van der Waals surface area contributed by atoms with E-state index in [0.29, 0.717) is 0 Å². The Balaban J connectivity index is 2.56. The van der Waals surface area contributed by atoms with E-state index in [1.807, 2.05) is 37.3 Å². The van der Waals surface area contributed by atoms with Gasteiger partial charge in [0.05, 0.1) is 6.10 Å². The molecule has 0 saturated heterocycles. The predicted octanol–water partition coefficient (Wildman–Crippen LogP) is 0.639. The maximum atomic E-state index is 9.87. The first kappa shape index (κ1) is 15.9. The summed E-state index contributed by atoms with van der Waals surface area (Å²) < 4.78 is 0. The van der Waals surface area contributed by atoms with Crippen molar-refractivity contribution in [2.24, 2.45) is 0 Å². The Morgan fingerprint density at radius 2 is 1.63 bits per heavy atom.